The molecule has 4 heteroatoms. The Morgan fingerprint density at radius 1 is 1.37 bits per heavy atom. The van der Waals surface area contributed by atoms with Gasteiger partial charge in [-0.2, -0.15) is 0 Å². The molecule has 2 aromatic heterocycles. The molecule has 0 aliphatic heterocycles. The molecule has 1 aromatic carbocycles. The SMILES string of the molecule is CC(C)c1cccc(NCc2cn3ccsc3n2)c1. The molecular weight excluding hydrogens is 254 g/mol. The van der Waals surface area contributed by atoms with Gasteiger partial charge in [-0.05, 0) is 23.6 Å². The van der Waals surface area contributed by atoms with E-state index >= 15 is 0 Å². The molecule has 1 N–H and O–H groups in total. The molecule has 0 atom stereocenters. The zero-order valence-corrected chi connectivity index (χ0v) is 11.9. The van der Waals surface area contributed by atoms with Gasteiger partial charge in [0.1, 0.15) is 0 Å². The van der Waals surface area contributed by atoms with Gasteiger partial charge in [0.25, 0.3) is 0 Å². The van der Waals surface area contributed by atoms with E-state index in [0.717, 1.165) is 22.9 Å². The number of anilines is 1. The largest absolute Gasteiger partial charge is 0.379 e. The van der Waals surface area contributed by atoms with Crippen LogP contribution in [0.1, 0.15) is 31.0 Å². The van der Waals surface area contributed by atoms with Gasteiger partial charge >= 0.3 is 0 Å². The van der Waals surface area contributed by atoms with Crippen LogP contribution in [0.15, 0.2) is 42.0 Å². The van der Waals surface area contributed by atoms with E-state index in [2.05, 4.69) is 59.0 Å². The van der Waals surface area contributed by atoms with Crippen LogP contribution in [0.25, 0.3) is 4.96 Å². The molecule has 0 radical (unpaired) electrons. The molecule has 0 amide bonds. The third-order valence-electron chi connectivity index (χ3n) is 3.17. The summed E-state index contributed by atoms with van der Waals surface area (Å²) < 4.78 is 2.06. The van der Waals surface area contributed by atoms with E-state index in [0.29, 0.717) is 5.92 Å². The van der Waals surface area contributed by atoms with Crippen molar-refractivity contribution < 1.29 is 0 Å². The lowest BCUT2D eigenvalue weighted by atomic mass is 10.0. The third kappa shape index (κ3) is 2.63. The van der Waals surface area contributed by atoms with Gasteiger partial charge in [0.15, 0.2) is 4.96 Å². The Hall–Kier alpha value is -1.81. The van der Waals surface area contributed by atoms with Crippen LogP contribution in [0, 0.1) is 0 Å². The van der Waals surface area contributed by atoms with E-state index < -0.39 is 0 Å². The van der Waals surface area contributed by atoms with E-state index in [1.54, 1.807) is 11.3 Å². The maximum Gasteiger partial charge on any atom is 0.193 e. The highest BCUT2D eigenvalue weighted by Crippen LogP contribution is 2.19. The molecule has 0 saturated carbocycles. The number of hydrogen-bond donors (Lipinski definition) is 1. The molecule has 3 nitrogen and oxygen atoms in total. The fourth-order valence-electron chi connectivity index (χ4n) is 2.06. The molecule has 0 unspecified atom stereocenters. The molecule has 0 spiro atoms. The molecule has 19 heavy (non-hydrogen) atoms. The van der Waals surface area contributed by atoms with Crippen LogP contribution in [0.2, 0.25) is 0 Å². The van der Waals surface area contributed by atoms with Gasteiger partial charge in [-0.1, -0.05) is 26.0 Å². The first-order valence-electron chi connectivity index (χ1n) is 6.47. The van der Waals surface area contributed by atoms with E-state index in [4.69, 9.17) is 0 Å². The van der Waals surface area contributed by atoms with Crippen molar-refractivity contribution in [3.05, 3.63) is 53.3 Å². The lowest BCUT2D eigenvalue weighted by molar-refractivity contribution is 0.866. The van der Waals surface area contributed by atoms with Gasteiger partial charge in [0.2, 0.25) is 0 Å². The summed E-state index contributed by atoms with van der Waals surface area (Å²) in [5.74, 6) is 0.555. The van der Waals surface area contributed by atoms with Crippen LogP contribution in [-0.4, -0.2) is 9.38 Å². The summed E-state index contributed by atoms with van der Waals surface area (Å²) in [4.78, 5) is 5.61. The second-order valence-electron chi connectivity index (χ2n) is 4.96. The second kappa shape index (κ2) is 5.05. The van der Waals surface area contributed by atoms with Gasteiger partial charge < -0.3 is 5.32 Å². The highest BCUT2D eigenvalue weighted by atomic mass is 32.1. The topological polar surface area (TPSA) is 29.3 Å². The summed E-state index contributed by atoms with van der Waals surface area (Å²) in [5, 5.41) is 5.48. The zero-order valence-electron chi connectivity index (χ0n) is 11.1. The van der Waals surface area contributed by atoms with Gasteiger partial charge in [0.05, 0.1) is 12.2 Å². The Balaban J connectivity index is 1.71. The van der Waals surface area contributed by atoms with Gasteiger partial charge in [0, 0.05) is 23.5 Å². The first-order valence-corrected chi connectivity index (χ1v) is 7.35. The van der Waals surface area contributed by atoms with Gasteiger partial charge in [-0.25, -0.2) is 4.98 Å². The molecule has 3 aromatic rings. The summed E-state index contributed by atoms with van der Waals surface area (Å²) in [6, 6.07) is 8.58. The number of imidazole rings is 1. The molecule has 0 aliphatic rings. The molecule has 2 heterocycles. The first-order chi connectivity index (χ1) is 9.22. The van der Waals surface area contributed by atoms with Crippen molar-refractivity contribution in [1.82, 2.24) is 9.38 Å². The van der Waals surface area contributed by atoms with Gasteiger partial charge in [-0.15, -0.1) is 11.3 Å². The summed E-state index contributed by atoms with van der Waals surface area (Å²) in [5.41, 5.74) is 3.58. The van der Waals surface area contributed by atoms with Crippen LogP contribution in [0.5, 0.6) is 0 Å². The fraction of sp³-hybridized carbons (Fsp3) is 0.267. The maximum atomic E-state index is 4.56. The van der Waals surface area contributed by atoms with E-state index in [1.807, 2.05) is 11.6 Å². The molecular formula is C15H17N3S. The smallest absolute Gasteiger partial charge is 0.193 e. The number of fused-ring (bicyclic) bond motifs is 1. The number of hydrogen-bond acceptors (Lipinski definition) is 3. The quantitative estimate of drug-likeness (QED) is 0.773. The lowest BCUT2D eigenvalue weighted by Gasteiger charge is -2.09. The Kier molecular flexibility index (Phi) is 3.25. The number of nitrogens with zero attached hydrogens (tertiary/aromatic N) is 2. The number of nitrogens with one attached hydrogen (secondary N) is 1. The predicted molar refractivity (Wildman–Crippen MR) is 80.9 cm³/mol. The standard InChI is InChI=1S/C15H17N3S/c1-11(2)12-4-3-5-13(8-12)16-9-14-10-18-6-7-19-15(18)17-14/h3-8,10-11,16H,9H2,1-2H3. The third-order valence-corrected chi connectivity index (χ3v) is 3.94. The maximum absolute atomic E-state index is 4.56. The Morgan fingerprint density at radius 3 is 3.05 bits per heavy atom. The fourth-order valence-corrected chi connectivity index (χ4v) is 2.78. The molecule has 98 valence electrons. The highest BCUT2D eigenvalue weighted by molar-refractivity contribution is 7.15. The summed E-state index contributed by atoms with van der Waals surface area (Å²) in [7, 11) is 0. The van der Waals surface area contributed by atoms with Crippen LogP contribution in [0.4, 0.5) is 5.69 Å². The molecule has 0 fully saturated rings. The Labute approximate surface area is 116 Å². The Morgan fingerprint density at radius 2 is 2.26 bits per heavy atom. The average Bonchev–Trinajstić information content (AvgIpc) is 2.97. The number of benzene rings is 1. The van der Waals surface area contributed by atoms with E-state index in [1.165, 1.54) is 5.56 Å². The first kappa shape index (κ1) is 12.2. The van der Waals surface area contributed by atoms with Crippen LogP contribution >= 0.6 is 11.3 Å². The van der Waals surface area contributed by atoms with Crippen molar-refractivity contribution in [2.24, 2.45) is 0 Å². The summed E-state index contributed by atoms with van der Waals surface area (Å²) in [6.45, 7) is 5.18. The van der Waals surface area contributed by atoms with Crippen molar-refractivity contribution >= 4 is 22.0 Å². The van der Waals surface area contributed by atoms with Crippen molar-refractivity contribution in [3.8, 4) is 0 Å². The molecule has 3 rings (SSSR count). The zero-order chi connectivity index (χ0) is 13.2. The Bertz CT molecular complexity index is 653. The average molecular weight is 271 g/mol. The van der Waals surface area contributed by atoms with Crippen molar-refractivity contribution in [3.63, 3.8) is 0 Å². The van der Waals surface area contributed by atoms with Crippen molar-refractivity contribution in [2.45, 2.75) is 26.3 Å². The normalized spacial score (nSPS) is 11.3. The second-order valence-corrected chi connectivity index (χ2v) is 5.83. The molecule has 0 bridgehead atoms. The minimum Gasteiger partial charge on any atom is -0.379 e. The van der Waals surface area contributed by atoms with Gasteiger partial charge in [-0.3, -0.25) is 4.40 Å². The monoisotopic (exact) mass is 271 g/mol. The van der Waals surface area contributed by atoms with Crippen LogP contribution in [-0.2, 0) is 6.54 Å². The summed E-state index contributed by atoms with van der Waals surface area (Å²) in [6.07, 6.45) is 4.11. The van der Waals surface area contributed by atoms with E-state index in [9.17, 15) is 0 Å². The van der Waals surface area contributed by atoms with E-state index in [-0.39, 0.29) is 0 Å². The minimum absolute atomic E-state index is 0.555. The number of thiazole rings is 1. The minimum atomic E-state index is 0.555. The van der Waals surface area contributed by atoms with Crippen molar-refractivity contribution in [2.75, 3.05) is 5.32 Å². The van der Waals surface area contributed by atoms with Crippen molar-refractivity contribution in [1.29, 1.82) is 0 Å². The summed E-state index contributed by atoms with van der Waals surface area (Å²) >= 11 is 1.66. The van der Waals surface area contributed by atoms with Crippen LogP contribution < -0.4 is 5.32 Å². The number of aromatic nitrogens is 2. The molecule has 0 aliphatic carbocycles. The van der Waals surface area contributed by atoms with Crippen LogP contribution in [0.3, 0.4) is 0 Å². The number of rotatable bonds is 4. The molecule has 0 saturated heterocycles. The lowest BCUT2D eigenvalue weighted by Crippen LogP contribution is -2.00. The highest BCUT2D eigenvalue weighted by Gasteiger charge is 2.03. The predicted octanol–water partition coefficient (Wildman–Crippen LogP) is 4.13.